The third-order valence-electron chi connectivity index (χ3n) is 2.58. The molecule has 0 aromatic rings. The van der Waals surface area contributed by atoms with E-state index in [1.54, 1.807) is 4.90 Å². The van der Waals surface area contributed by atoms with Crippen molar-refractivity contribution in [3.05, 3.63) is 0 Å². The number of nitrogens with zero attached hydrogens (tertiary/aromatic N) is 2. The average molecular weight is 234 g/mol. The van der Waals surface area contributed by atoms with Crippen LogP contribution in [0.2, 0.25) is 0 Å². The second-order valence-electron chi connectivity index (χ2n) is 3.75. The van der Waals surface area contributed by atoms with Crippen molar-refractivity contribution >= 4 is 15.9 Å². The lowest BCUT2D eigenvalue weighted by atomic mass is 10.3. The summed E-state index contributed by atoms with van der Waals surface area (Å²) >= 11 is 0. The summed E-state index contributed by atoms with van der Waals surface area (Å²) in [4.78, 5) is 13.2. The number of sulfonamides is 1. The van der Waals surface area contributed by atoms with E-state index in [2.05, 4.69) is 0 Å². The van der Waals surface area contributed by atoms with Gasteiger partial charge < -0.3 is 4.90 Å². The van der Waals surface area contributed by atoms with E-state index in [-0.39, 0.29) is 5.91 Å². The van der Waals surface area contributed by atoms with Crippen molar-refractivity contribution in [1.29, 1.82) is 0 Å². The summed E-state index contributed by atoms with van der Waals surface area (Å²) in [6, 6.07) is 0. The van der Waals surface area contributed by atoms with E-state index in [4.69, 9.17) is 0 Å². The maximum atomic E-state index is 11.4. The quantitative estimate of drug-likeness (QED) is 0.670. The number of hydrogen-bond donors (Lipinski definition) is 0. The largest absolute Gasteiger partial charge is 0.341 e. The highest BCUT2D eigenvalue weighted by atomic mass is 32.2. The summed E-state index contributed by atoms with van der Waals surface area (Å²) in [6.45, 7) is 3.94. The van der Waals surface area contributed by atoms with E-state index in [0.29, 0.717) is 32.6 Å². The molecule has 1 amide bonds. The third-order valence-corrected chi connectivity index (χ3v) is 3.88. The third kappa shape index (κ3) is 3.46. The molecule has 1 saturated heterocycles. The van der Waals surface area contributed by atoms with Crippen molar-refractivity contribution in [2.24, 2.45) is 0 Å². The first kappa shape index (κ1) is 12.4. The Labute approximate surface area is 91.1 Å². The molecule has 88 valence electrons. The van der Waals surface area contributed by atoms with Crippen LogP contribution in [-0.2, 0) is 14.8 Å². The fourth-order valence-corrected chi connectivity index (χ4v) is 2.57. The standard InChI is InChI=1S/C9H18N2O3S/c1-3-9(12)10-5-4-6-11(8-7-10)15(2,13)14/h3-8H2,1-2H3. The van der Waals surface area contributed by atoms with Crippen molar-refractivity contribution in [3.8, 4) is 0 Å². The molecule has 1 aliphatic heterocycles. The molecule has 0 aliphatic carbocycles. The number of rotatable bonds is 2. The lowest BCUT2D eigenvalue weighted by Crippen LogP contribution is -2.36. The van der Waals surface area contributed by atoms with E-state index in [9.17, 15) is 13.2 Å². The molecular weight excluding hydrogens is 216 g/mol. The molecular formula is C9H18N2O3S. The van der Waals surface area contributed by atoms with Gasteiger partial charge in [0.25, 0.3) is 0 Å². The number of hydrogen-bond acceptors (Lipinski definition) is 3. The van der Waals surface area contributed by atoms with Crippen LogP contribution in [0.4, 0.5) is 0 Å². The number of carbonyl (C=O) groups is 1. The molecule has 5 nitrogen and oxygen atoms in total. The van der Waals surface area contributed by atoms with Gasteiger partial charge in [0.05, 0.1) is 6.26 Å². The van der Waals surface area contributed by atoms with Gasteiger partial charge >= 0.3 is 0 Å². The molecule has 0 aromatic heterocycles. The van der Waals surface area contributed by atoms with E-state index in [1.165, 1.54) is 10.6 Å². The van der Waals surface area contributed by atoms with Gasteiger partial charge in [0.2, 0.25) is 15.9 Å². The Bertz CT molecular complexity index is 326. The monoisotopic (exact) mass is 234 g/mol. The van der Waals surface area contributed by atoms with Crippen molar-refractivity contribution in [1.82, 2.24) is 9.21 Å². The zero-order valence-electron chi connectivity index (χ0n) is 9.27. The summed E-state index contributed by atoms with van der Waals surface area (Å²) in [5, 5.41) is 0. The number of carbonyl (C=O) groups excluding carboxylic acids is 1. The van der Waals surface area contributed by atoms with Crippen molar-refractivity contribution in [2.45, 2.75) is 19.8 Å². The number of amides is 1. The maximum Gasteiger partial charge on any atom is 0.222 e. The summed E-state index contributed by atoms with van der Waals surface area (Å²) in [7, 11) is -3.11. The lowest BCUT2D eigenvalue weighted by Gasteiger charge is -2.20. The Morgan fingerprint density at radius 2 is 1.87 bits per heavy atom. The van der Waals surface area contributed by atoms with Gasteiger partial charge in [0.15, 0.2) is 0 Å². The Hall–Kier alpha value is -0.620. The molecule has 0 unspecified atom stereocenters. The average Bonchev–Trinajstić information content (AvgIpc) is 2.40. The molecule has 15 heavy (non-hydrogen) atoms. The Balaban J connectivity index is 2.60. The van der Waals surface area contributed by atoms with Crippen molar-refractivity contribution in [2.75, 3.05) is 32.4 Å². The predicted octanol–water partition coefficient (Wildman–Crippen LogP) is -0.110. The normalized spacial score (nSPS) is 20.0. The van der Waals surface area contributed by atoms with Crippen LogP contribution < -0.4 is 0 Å². The molecule has 6 heteroatoms. The minimum absolute atomic E-state index is 0.102. The summed E-state index contributed by atoms with van der Waals surface area (Å²) < 4.78 is 24.1. The summed E-state index contributed by atoms with van der Waals surface area (Å²) in [5.41, 5.74) is 0. The van der Waals surface area contributed by atoms with Crippen molar-refractivity contribution in [3.63, 3.8) is 0 Å². The van der Waals surface area contributed by atoms with Gasteiger partial charge in [-0.3, -0.25) is 4.79 Å². The van der Waals surface area contributed by atoms with Crippen LogP contribution >= 0.6 is 0 Å². The van der Waals surface area contributed by atoms with Gasteiger partial charge in [-0.1, -0.05) is 6.92 Å². The van der Waals surface area contributed by atoms with Gasteiger partial charge in [0, 0.05) is 32.6 Å². The smallest absolute Gasteiger partial charge is 0.222 e. The summed E-state index contributed by atoms with van der Waals surface area (Å²) in [6.07, 6.45) is 2.42. The molecule has 0 radical (unpaired) electrons. The van der Waals surface area contributed by atoms with Crippen LogP contribution in [0.5, 0.6) is 0 Å². The first-order valence-corrected chi connectivity index (χ1v) is 7.03. The first-order valence-electron chi connectivity index (χ1n) is 5.18. The lowest BCUT2D eigenvalue weighted by molar-refractivity contribution is -0.130. The Morgan fingerprint density at radius 1 is 1.20 bits per heavy atom. The zero-order chi connectivity index (χ0) is 11.5. The van der Waals surface area contributed by atoms with Crippen LogP contribution in [-0.4, -0.2) is 56.0 Å². The fraction of sp³-hybridized carbons (Fsp3) is 0.889. The highest BCUT2D eigenvalue weighted by Crippen LogP contribution is 2.07. The van der Waals surface area contributed by atoms with Crippen LogP contribution in [0.3, 0.4) is 0 Å². The van der Waals surface area contributed by atoms with Gasteiger partial charge in [0.1, 0.15) is 0 Å². The fourth-order valence-electron chi connectivity index (χ4n) is 1.70. The maximum absolute atomic E-state index is 11.4. The molecule has 0 N–H and O–H groups in total. The SMILES string of the molecule is CCC(=O)N1CCCN(S(C)(=O)=O)CC1. The molecule has 1 rings (SSSR count). The predicted molar refractivity (Wildman–Crippen MR) is 57.9 cm³/mol. The van der Waals surface area contributed by atoms with Crippen LogP contribution in [0.1, 0.15) is 19.8 Å². The Kier molecular flexibility index (Phi) is 4.10. The molecule has 0 aromatic carbocycles. The first-order chi connectivity index (χ1) is 6.95. The Morgan fingerprint density at radius 3 is 2.40 bits per heavy atom. The molecule has 0 atom stereocenters. The minimum atomic E-state index is -3.11. The van der Waals surface area contributed by atoms with E-state index >= 15 is 0 Å². The topological polar surface area (TPSA) is 57.7 Å². The molecule has 0 bridgehead atoms. The van der Waals surface area contributed by atoms with Gasteiger partial charge in [-0.05, 0) is 6.42 Å². The van der Waals surface area contributed by atoms with Crippen LogP contribution in [0.25, 0.3) is 0 Å². The highest BCUT2D eigenvalue weighted by molar-refractivity contribution is 7.88. The molecule has 1 heterocycles. The molecule has 0 saturated carbocycles. The second-order valence-corrected chi connectivity index (χ2v) is 5.73. The molecule has 1 aliphatic rings. The van der Waals surface area contributed by atoms with Gasteiger partial charge in [-0.15, -0.1) is 0 Å². The highest BCUT2D eigenvalue weighted by Gasteiger charge is 2.22. The minimum Gasteiger partial charge on any atom is -0.341 e. The van der Waals surface area contributed by atoms with Gasteiger partial charge in [-0.25, -0.2) is 12.7 Å². The van der Waals surface area contributed by atoms with Crippen molar-refractivity contribution < 1.29 is 13.2 Å². The van der Waals surface area contributed by atoms with E-state index < -0.39 is 10.0 Å². The van der Waals surface area contributed by atoms with E-state index in [0.717, 1.165) is 6.42 Å². The van der Waals surface area contributed by atoms with Gasteiger partial charge in [-0.2, -0.15) is 0 Å². The molecule has 1 fully saturated rings. The molecule has 0 spiro atoms. The summed E-state index contributed by atoms with van der Waals surface area (Å²) in [5.74, 6) is 0.102. The van der Waals surface area contributed by atoms with Crippen LogP contribution in [0.15, 0.2) is 0 Å². The van der Waals surface area contributed by atoms with Crippen LogP contribution in [0, 0.1) is 0 Å². The van der Waals surface area contributed by atoms with E-state index in [1.807, 2.05) is 6.92 Å². The second kappa shape index (κ2) is 4.94. The zero-order valence-corrected chi connectivity index (χ0v) is 10.1.